The largest absolute Gasteiger partial charge is 0.493 e. The third kappa shape index (κ3) is 4.22. The van der Waals surface area contributed by atoms with Crippen LogP contribution in [0.15, 0.2) is 18.2 Å². The van der Waals surface area contributed by atoms with Crippen LogP contribution in [0.5, 0.6) is 5.75 Å². The summed E-state index contributed by atoms with van der Waals surface area (Å²) in [6, 6.07) is 5.86. The van der Waals surface area contributed by atoms with Gasteiger partial charge >= 0.3 is 0 Å². The van der Waals surface area contributed by atoms with E-state index in [1.807, 2.05) is 25.1 Å². The molecule has 1 fully saturated rings. The Hall–Kier alpha value is -1.06. The molecule has 1 aromatic carbocycles. The van der Waals surface area contributed by atoms with Crippen LogP contribution in [0.1, 0.15) is 49.8 Å². The van der Waals surface area contributed by atoms with E-state index in [1.165, 1.54) is 12.8 Å². The predicted molar refractivity (Wildman–Crippen MR) is 75.5 cm³/mol. The quantitative estimate of drug-likeness (QED) is 0.800. The van der Waals surface area contributed by atoms with Crippen LogP contribution < -0.4 is 4.74 Å². The minimum absolute atomic E-state index is 0.424. The van der Waals surface area contributed by atoms with Crippen molar-refractivity contribution in [2.75, 3.05) is 13.2 Å². The topological polar surface area (TPSA) is 38.7 Å². The molecule has 1 N–H and O–H groups in total. The van der Waals surface area contributed by atoms with E-state index in [4.69, 9.17) is 9.47 Å². The second-order valence-corrected chi connectivity index (χ2v) is 5.33. The van der Waals surface area contributed by atoms with Gasteiger partial charge in [0, 0.05) is 6.61 Å². The van der Waals surface area contributed by atoms with Gasteiger partial charge in [-0.05, 0) is 62.8 Å². The molecule has 1 aromatic rings. The fourth-order valence-electron chi connectivity index (χ4n) is 2.46. The van der Waals surface area contributed by atoms with Crippen LogP contribution in [0.4, 0.5) is 0 Å². The fourth-order valence-corrected chi connectivity index (χ4v) is 2.46. The lowest BCUT2D eigenvalue weighted by molar-refractivity contribution is 0.0981. The summed E-state index contributed by atoms with van der Waals surface area (Å²) in [6.45, 7) is 5.44. The summed E-state index contributed by atoms with van der Waals surface area (Å²) in [5.41, 5.74) is 2.01. The van der Waals surface area contributed by atoms with Crippen LogP contribution in [0, 0.1) is 6.92 Å². The van der Waals surface area contributed by atoms with Crippen molar-refractivity contribution in [1.82, 2.24) is 0 Å². The van der Waals surface area contributed by atoms with Gasteiger partial charge in [0.25, 0.3) is 0 Å². The first-order chi connectivity index (χ1) is 9.16. The number of benzene rings is 1. The van der Waals surface area contributed by atoms with Crippen molar-refractivity contribution in [2.45, 2.75) is 51.7 Å². The van der Waals surface area contributed by atoms with Crippen molar-refractivity contribution in [1.29, 1.82) is 0 Å². The smallest absolute Gasteiger partial charge is 0.122 e. The molecular formula is C16H24O3. The van der Waals surface area contributed by atoms with Crippen molar-refractivity contribution in [3.63, 3.8) is 0 Å². The lowest BCUT2D eigenvalue weighted by atomic mass is 10.1. The molecule has 3 heteroatoms. The number of aliphatic hydroxyl groups excluding tert-OH is 1. The monoisotopic (exact) mass is 264 g/mol. The van der Waals surface area contributed by atoms with E-state index >= 15 is 0 Å². The number of aryl methyl sites for hydroxylation is 1. The van der Waals surface area contributed by atoms with Gasteiger partial charge in [-0.15, -0.1) is 0 Å². The van der Waals surface area contributed by atoms with Gasteiger partial charge in [0.1, 0.15) is 5.75 Å². The number of hydrogen-bond donors (Lipinski definition) is 1. The van der Waals surface area contributed by atoms with E-state index in [-0.39, 0.29) is 0 Å². The Balaban J connectivity index is 1.76. The Bertz CT molecular complexity index is 395. The first-order valence-corrected chi connectivity index (χ1v) is 7.20. The second kappa shape index (κ2) is 6.92. The maximum absolute atomic E-state index is 9.52. The van der Waals surface area contributed by atoms with Crippen molar-refractivity contribution in [3.05, 3.63) is 29.3 Å². The van der Waals surface area contributed by atoms with Crippen LogP contribution in [0.25, 0.3) is 0 Å². The molecule has 3 nitrogen and oxygen atoms in total. The van der Waals surface area contributed by atoms with Crippen molar-refractivity contribution >= 4 is 0 Å². The third-order valence-corrected chi connectivity index (χ3v) is 3.63. The summed E-state index contributed by atoms with van der Waals surface area (Å²) in [6.07, 6.45) is 4.54. The van der Waals surface area contributed by atoms with E-state index in [2.05, 4.69) is 0 Å². The SMILES string of the molecule is Cc1cc([C@H](C)O)ccc1OCCCC1CCCO1. The minimum Gasteiger partial charge on any atom is -0.493 e. The average molecular weight is 264 g/mol. The third-order valence-electron chi connectivity index (χ3n) is 3.63. The molecule has 0 aromatic heterocycles. The van der Waals surface area contributed by atoms with Crippen LogP contribution in [0.2, 0.25) is 0 Å². The van der Waals surface area contributed by atoms with Crippen LogP contribution >= 0.6 is 0 Å². The molecule has 0 bridgehead atoms. The molecule has 1 saturated heterocycles. The highest BCUT2D eigenvalue weighted by molar-refractivity contribution is 5.36. The average Bonchev–Trinajstić information content (AvgIpc) is 2.89. The molecule has 0 amide bonds. The highest BCUT2D eigenvalue weighted by Gasteiger charge is 2.14. The first kappa shape index (κ1) is 14.4. The molecule has 1 unspecified atom stereocenters. The van der Waals surface area contributed by atoms with Crippen LogP contribution in [-0.4, -0.2) is 24.4 Å². The summed E-state index contributed by atoms with van der Waals surface area (Å²) in [7, 11) is 0. The molecule has 106 valence electrons. The normalized spacial score (nSPS) is 20.5. The highest BCUT2D eigenvalue weighted by atomic mass is 16.5. The molecule has 19 heavy (non-hydrogen) atoms. The van der Waals surface area contributed by atoms with Gasteiger partial charge < -0.3 is 14.6 Å². The summed E-state index contributed by atoms with van der Waals surface area (Å²) < 4.78 is 11.4. The van der Waals surface area contributed by atoms with E-state index in [1.54, 1.807) is 6.92 Å². The zero-order valence-corrected chi connectivity index (χ0v) is 11.9. The molecule has 0 saturated carbocycles. The van der Waals surface area contributed by atoms with E-state index in [9.17, 15) is 5.11 Å². The number of hydrogen-bond acceptors (Lipinski definition) is 3. The lowest BCUT2D eigenvalue weighted by Crippen LogP contribution is -2.08. The summed E-state index contributed by atoms with van der Waals surface area (Å²) in [5.74, 6) is 0.914. The Morgan fingerprint density at radius 1 is 1.47 bits per heavy atom. The van der Waals surface area contributed by atoms with Crippen LogP contribution in [-0.2, 0) is 4.74 Å². The predicted octanol–water partition coefficient (Wildman–Crippen LogP) is 3.39. The summed E-state index contributed by atoms with van der Waals surface area (Å²) in [4.78, 5) is 0. The molecule has 1 aliphatic heterocycles. The van der Waals surface area contributed by atoms with Gasteiger partial charge in [-0.1, -0.05) is 6.07 Å². The first-order valence-electron chi connectivity index (χ1n) is 7.20. The Labute approximate surface area is 115 Å². The molecule has 1 aliphatic rings. The number of rotatable bonds is 6. The maximum atomic E-state index is 9.52. The van der Waals surface area contributed by atoms with Gasteiger partial charge in [0.15, 0.2) is 0 Å². The standard InChI is InChI=1S/C16H24O3/c1-12-11-14(13(2)17)7-8-16(12)19-10-4-6-15-5-3-9-18-15/h7-8,11,13,15,17H,3-6,9-10H2,1-2H3/t13-,15?/m0/s1. The number of aliphatic hydroxyl groups is 1. The second-order valence-electron chi connectivity index (χ2n) is 5.33. The molecule has 0 spiro atoms. The molecule has 0 aliphatic carbocycles. The van der Waals surface area contributed by atoms with Gasteiger partial charge in [0.05, 0.1) is 18.8 Å². The van der Waals surface area contributed by atoms with Gasteiger partial charge in [0.2, 0.25) is 0 Å². The van der Waals surface area contributed by atoms with Crippen molar-refractivity contribution < 1.29 is 14.6 Å². The molecule has 2 rings (SSSR count). The summed E-state index contributed by atoms with van der Waals surface area (Å²) in [5, 5.41) is 9.52. The van der Waals surface area contributed by atoms with Crippen molar-refractivity contribution in [2.24, 2.45) is 0 Å². The maximum Gasteiger partial charge on any atom is 0.122 e. The van der Waals surface area contributed by atoms with Gasteiger partial charge in [-0.2, -0.15) is 0 Å². The van der Waals surface area contributed by atoms with E-state index in [0.29, 0.717) is 6.10 Å². The minimum atomic E-state index is -0.424. The van der Waals surface area contributed by atoms with Crippen molar-refractivity contribution in [3.8, 4) is 5.75 Å². The summed E-state index contributed by atoms with van der Waals surface area (Å²) >= 11 is 0. The molecule has 1 heterocycles. The zero-order valence-electron chi connectivity index (χ0n) is 11.9. The fraction of sp³-hybridized carbons (Fsp3) is 0.625. The Morgan fingerprint density at radius 2 is 2.32 bits per heavy atom. The molecule has 0 radical (unpaired) electrons. The molecular weight excluding hydrogens is 240 g/mol. The lowest BCUT2D eigenvalue weighted by Gasteiger charge is -2.13. The zero-order chi connectivity index (χ0) is 13.7. The van der Waals surface area contributed by atoms with E-state index in [0.717, 1.165) is 42.9 Å². The van der Waals surface area contributed by atoms with E-state index < -0.39 is 6.10 Å². The highest BCUT2D eigenvalue weighted by Crippen LogP contribution is 2.23. The number of ether oxygens (including phenoxy) is 2. The molecule has 2 atom stereocenters. The van der Waals surface area contributed by atoms with Gasteiger partial charge in [-0.3, -0.25) is 0 Å². The Morgan fingerprint density at radius 3 is 2.95 bits per heavy atom. The van der Waals surface area contributed by atoms with Gasteiger partial charge in [-0.25, -0.2) is 0 Å². The Kier molecular flexibility index (Phi) is 5.23. The van der Waals surface area contributed by atoms with Crippen LogP contribution in [0.3, 0.4) is 0 Å².